The first-order chi connectivity index (χ1) is 21.4. The summed E-state index contributed by atoms with van der Waals surface area (Å²) in [5.41, 5.74) is 8.78. The minimum absolute atomic E-state index is 0.0394. The Morgan fingerprint density at radius 3 is 2.09 bits per heavy atom. The summed E-state index contributed by atoms with van der Waals surface area (Å²) >= 11 is 6.23. The summed E-state index contributed by atoms with van der Waals surface area (Å²) < 4.78 is 44.1. The van der Waals surface area contributed by atoms with E-state index in [1.54, 1.807) is 0 Å². The van der Waals surface area contributed by atoms with E-state index in [0.29, 0.717) is 19.1 Å². The van der Waals surface area contributed by atoms with Gasteiger partial charge in [0.2, 0.25) is 16.7 Å². The smallest absolute Gasteiger partial charge is 0.244 e. The van der Waals surface area contributed by atoms with Gasteiger partial charge in [-0.3, -0.25) is 4.55 Å². The lowest BCUT2D eigenvalue weighted by Crippen LogP contribution is -2.36. The monoisotopic (exact) mass is 646 g/mol. The van der Waals surface area contributed by atoms with Crippen LogP contribution in [0.2, 0.25) is 5.02 Å². The molecule has 1 N–H and O–H groups in total. The lowest BCUT2D eigenvalue weighted by atomic mass is 9.94. The third-order valence-corrected chi connectivity index (χ3v) is 7.93. The van der Waals surface area contributed by atoms with E-state index in [4.69, 9.17) is 33.9 Å². The maximum absolute atomic E-state index is 8.63. The van der Waals surface area contributed by atoms with Crippen molar-refractivity contribution in [3.63, 3.8) is 0 Å². The van der Waals surface area contributed by atoms with Crippen molar-refractivity contribution in [2.75, 3.05) is 0 Å². The van der Waals surface area contributed by atoms with Gasteiger partial charge < -0.3 is 9.29 Å². The molecule has 9 heteroatoms. The number of ether oxygens (including phenoxy) is 1. The molecule has 0 saturated heterocycles. The number of rotatable bonds is 10. The van der Waals surface area contributed by atoms with Crippen LogP contribution in [0.15, 0.2) is 116 Å². The molecule has 2 atom stereocenters. The Kier molecular flexibility index (Phi) is 11.7. The number of imidazole rings is 1. The average Bonchev–Trinajstić information content (AvgIpc) is 3.45. The van der Waals surface area contributed by atoms with Crippen LogP contribution in [0.4, 0.5) is 0 Å². The molecular weight excluding hydrogens is 608 g/mol. The molecule has 5 rings (SSSR count). The number of aryl methyl sites for hydroxylation is 2. The highest BCUT2D eigenvalue weighted by Gasteiger charge is 2.25. The van der Waals surface area contributed by atoms with E-state index in [2.05, 4.69) is 140 Å². The van der Waals surface area contributed by atoms with Crippen molar-refractivity contribution in [1.29, 1.82) is 0 Å². The maximum Gasteiger partial charge on any atom is 0.244 e. The number of benzene rings is 4. The van der Waals surface area contributed by atoms with Crippen molar-refractivity contribution < 1.29 is 26.8 Å². The zero-order valence-corrected chi connectivity index (χ0v) is 27.4. The van der Waals surface area contributed by atoms with Gasteiger partial charge in [-0.1, -0.05) is 110 Å². The van der Waals surface area contributed by atoms with Crippen LogP contribution in [0, 0.1) is 13.8 Å². The molecule has 0 bridgehead atoms. The second-order valence-electron chi connectivity index (χ2n) is 11.4. The van der Waals surface area contributed by atoms with E-state index in [-0.39, 0.29) is 12.1 Å². The molecule has 0 aliphatic carbocycles. The third-order valence-electron chi connectivity index (χ3n) is 7.68. The highest BCUT2D eigenvalue weighted by Crippen LogP contribution is 2.30. The minimum atomic E-state index is -4.92. The zero-order chi connectivity index (χ0) is 32.6. The van der Waals surface area contributed by atoms with Gasteiger partial charge in [-0.05, 0) is 59.7 Å². The summed E-state index contributed by atoms with van der Waals surface area (Å²) in [4.78, 5) is 0. The predicted molar refractivity (Wildman–Crippen MR) is 176 cm³/mol. The van der Waals surface area contributed by atoms with Gasteiger partial charge in [0, 0.05) is 16.1 Å². The summed E-state index contributed by atoms with van der Waals surface area (Å²) in [7, 11) is -4.92. The van der Waals surface area contributed by atoms with E-state index < -0.39 is 10.4 Å². The molecule has 0 amide bonds. The molecule has 5 aromatic rings. The summed E-state index contributed by atoms with van der Waals surface area (Å²) in [6, 6.07) is 34.1. The molecule has 236 valence electrons. The van der Waals surface area contributed by atoms with Crippen molar-refractivity contribution in [3.05, 3.63) is 160 Å². The van der Waals surface area contributed by atoms with Crippen LogP contribution in [0.25, 0.3) is 0 Å². The Balaban J connectivity index is 0.000000854. The fraction of sp³-hybridized carbons (Fsp3) is 0.250. The molecule has 0 radical (unpaired) electrons. The van der Waals surface area contributed by atoms with Gasteiger partial charge in [-0.15, -0.1) is 0 Å². The average molecular weight is 647 g/mol. The number of hydrogen-bond donors (Lipinski definition) is 1. The molecule has 0 aliphatic heterocycles. The Hall–Kier alpha value is -3.79. The molecule has 2 unspecified atom stereocenters. The van der Waals surface area contributed by atoms with E-state index in [9.17, 15) is 0 Å². The van der Waals surface area contributed by atoms with Gasteiger partial charge in [-0.2, -0.15) is 0 Å². The first-order valence-corrected chi connectivity index (χ1v) is 16.4. The van der Waals surface area contributed by atoms with Crippen molar-refractivity contribution in [2.45, 2.75) is 58.9 Å². The SMILES string of the molecule is Cc1ccc(COC(C[n+]2ccn(C(c3ccccc3)c3ccc(Cl)cc3)c2)c2ccccc2C(C)C)cc1C.O=S(=O)([O-])O. The fourth-order valence-corrected chi connectivity index (χ4v) is 5.47. The lowest BCUT2D eigenvalue weighted by Gasteiger charge is -2.22. The number of nitrogens with zero attached hydrogens (tertiary/aromatic N) is 2. The Bertz CT molecular complexity index is 1780. The fourth-order valence-electron chi connectivity index (χ4n) is 5.34. The molecule has 1 heterocycles. The molecule has 45 heavy (non-hydrogen) atoms. The van der Waals surface area contributed by atoms with Crippen LogP contribution < -0.4 is 4.57 Å². The van der Waals surface area contributed by atoms with Gasteiger partial charge in [0.25, 0.3) is 0 Å². The molecule has 4 aromatic carbocycles. The Morgan fingerprint density at radius 2 is 1.47 bits per heavy atom. The number of hydrogen-bond acceptors (Lipinski definition) is 4. The van der Waals surface area contributed by atoms with E-state index >= 15 is 0 Å². The molecule has 0 saturated carbocycles. The van der Waals surface area contributed by atoms with E-state index in [0.717, 1.165) is 5.02 Å². The van der Waals surface area contributed by atoms with E-state index in [1.165, 1.54) is 38.9 Å². The van der Waals surface area contributed by atoms with Crippen LogP contribution in [0.3, 0.4) is 0 Å². The third kappa shape index (κ3) is 10.1. The first kappa shape index (κ1) is 34.1. The highest BCUT2D eigenvalue weighted by atomic mass is 35.5. The zero-order valence-electron chi connectivity index (χ0n) is 25.9. The normalized spacial score (nSPS) is 12.8. The molecule has 0 aliphatic rings. The van der Waals surface area contributed by atoms with Crippen LogP contribution in [-0.2, 0) is 28.3 Å². The van der Waals surface area contributed by atoms with Gasteiger partial charge in [0.1, 0.15) is 25.0 Å². The van der Waals surface area contributed by atoms with Crippen LogP contribution in [0.5, 0.6) is 0 Å². The van der Waals surface area contributed by atoms with Crippen molar-refractivity contribution >= 4 is 22.0 Å². The number of halogens is 1. The largest absolute Gasteiger partial charge is 0.726 e. The summed E-state index contributed by atoms with van der Waals surface area (Å²) in [5, 5.41) is 0.741. The molecular formula is C36H39ClN2O5S. The predicted octanol–water partition coefficient (Wildman–Crippen LogP) is 7.77. The first-order valence-electron chi connectivity index (χ1n) is 14.7. The van der Waals surface area contributed by atoms with Crippen molar-refractivity contribution in [2.24, 2.45) is 0 Å². The topological polar surface area (TPSA) is 95.5 Å². The Morgan fingerprint density at radius 1 is 0.867 bits per heavy atom. The van der Waals surface area contributed by atoms with Gasteiger partial charge in [0.15, 0.2) is 6.04 Å². The van der Waals surface area contributed by atoms with Crippen molar-refractivity contribution in [3.8, 4) is 0 Å². The molecule has 0 fully saturated rings. The second-order valence-corrected chi connectivity index (χ2v) is 12.6. The van der Waals surface area contributed by atoms with Crippen LogP contribution >= 0.6 is 11.6 Å². The second kappa shape index (κ2) is 15.5. The summed E-state index contributed by atoms with van der Waals surface area (Å²) in [6.07, 6.45) is 6.40. The van der Waals surface area contributed by atoms with Gasteiger partial charge in [0.05, 0.1) is 6.61 Å². The summed E-state index contributed by atoms with van der Waals surface area (Å²) in [6.45, 7) is 10.1. The molecule has 1 aromatic heterocycles. The quantitative estimate of drug-likeness (QED) is 0.0950. The maximum atomic E-state index is 8.63. The summed E-state index contributed by atoms with van der Waals surface area (Å²) in [5.74, 6) is 0.408. The highest BCUT2D eigenvalue weighted by molar-refractivity contribution is 7.79. The van der Waals surface area contributed by atoms with Gasteiger partial charge >= 0.3 is 0 Å². The lowest BCUT2D eigenvalue weighted by molar-refractivity contribution is -0.705. The van der Waals surface area contributed by atoms with Crippen molar-refractivity contribution in [1.82, 2.24) is 4.57 Å². The molecule has 0 spiro atoms. The Labute approximate surface area is 271 Å². The van der Waals surface area contributed by atoms with E-state index in [1.807, 2.05) is 12.1 Å². The van der Waals surface area contributed by atoms with Crippen LogP contribution in [0.1, 0.15) is 70.9 Å². The van der Waals surface area contributed by atoms with Crippen LogP contribution in [-0.4, -0.2) is 22.1 Å². The molecule has 7 nitrogen and oxygen atoms in total. The minimum Gasteiger partial charge on any atom is -0.726 e. The number of aromatic nitrogens is 2. The standard InChI is InChI=1S/C36H38ClN2O.H2O4S/c1-26(2)33-12-8-9-13-34(33)35(40-24-29-15-14-27(3)28(4)22-29)23-38-20-21-39(25-38)36(30-10-6-5-7-11-30)31-16-18-32(37)19-17-31;1-5(2,3)4/h5-22,25-26,35-36H,23-24H2,1-4H3;(H2,1,2,3,4)/q+1;/p-1. The van der Waals surface area contributed by atoms with Gasteiger partial charge in [-0.25, -0.2) is 17.6 Å².